The van der Waals surface area contributed by atoms with E-state index >= 15 is 0 Å². The van der Waals surface area contributed by atoms with E-state index in [-0.39, 0.29) is 5.97 Å². The van der Waals surface area contributed by atoms with Gasteiger partial charge in [-0.2, -0.15) is 0 Å². The van der Waals surface area contributed by atoms with Crippen molar-refractivity contribution in [1.82, 2.24) is 0 Å². The number of carbonyl (C=O) groups is 1. The van der Waals surface area contributed by atoms with Crippen molar-refractivity contribution in [1.29, 1.82) is 0 Å². The Morgan fingerprint density at radius 1 is 1.62 bits per heavy atom. The zero-order chi connectivity index (χ0) is 12.1. The molecule has 4 heteroatoms. The van der Waals surface area contributed by atoms with Crippen LogP contribution >= 0.6 is 27.3 Å². The van der Waals surface area contributed by atoms with Gasteiger partial charge in [-0.05, 0) is 27.9 Å². The molecule has 0 aliphatic carbocycles. The topological polar surface area (TPSA) is 26.3 Å². The van der Waals surface area contributed by atoms with E-state index in [0.29, 0.717) is 10.8 Å². The normalized spacial score (nSPS) is 9.81. The molecule has 0 unspecified atom stereocenters. The minimum absolute atomic E-state index is 0.325. The molecule has 16 heavy (non-hydrogen) atoms. The molecule has 0 atom stereocenters. The Bertz CT molecular complexity index is 438. The predicted molar refractivity (Wildman–Crippen MR) is 69.7 cm³/mol. The first kappa shape index (κ1) is 13.3. The summed E-state index contributed by atoms with van der Waals surface area (Å²) < 4.78 is 5.41. The molecule has 0 saturated heterocycles. The van der Waals surface area contributed by atoms with Crippen LogP contribution in [-0.4, -0.2) is 13.1 Å². The highest BCUT2D eigenvalue weighted by Gasteiger charge is 2.13. The first-order chi connectivity index (χ1) is 7.54. The molecule has 0 fully saturated rings. The van der Waals surface area contributed by atoms with E-state index in [1.165, 1.54) is 18.4 Å². The number of esters is 1. The van der Waals surface area contributed by atoms with Gasteiger partial charge in [-0.15, -0.1) is 11.3 Å². The molecule has 1 aromatic rings. The summed E-state index contributed by atoms with van der Waals surface area (Å²) in [7, 11) is 1.37. The lowest BCUT2D eigenvalue weighted by Gasteiger charge is -1.93. The highest BCUT2D eigenvalue weighted by Crippen LogP contribution is 2.27. The molecular formula is C12H13BrO2S. The van der Waals surface area contributed by atoms with E-state index in [1.54, 1.807) is 0 Å². The predicted octanol–water partition coefficient (Wildman–Crippen LogP) is 3.69. The van der Waals surface area contributed by atoms with Crippen LogP contribution in [0.1, 0.15) is 34.8 Å². The molecule has 86 valence electrons. The maximum atomic E-state index is 11.3. The van der Waals surface area contributed by atoms with E-state index in [9.17, 15) is 4.79 Å². The van der Waals surface area contributed by atoms with Gasteiger partial charge < -0.3 is 4.74 Å². The van der Waals surface area contributed by atoms with Crippen molar-refractivity contribution in [2.24, 2.45) is 5.92 Å². The largest absolute Gasteiger partial charge is 0.465 e. The molecule has 0 bridgehead atoms. The van der Waals surface area contributed by atoms with Gasteiger partial charge in [0.2, 0.25) is 0 Å². The Balaban J connectivity index is 2.83. The Hall–Kier alpha value is -0.790. The standard InChI is InChI=1S/C12H13BrO2S/c1-8(2)5-4-6-9-7-10(13)11(16-9)12(14)15-3/h7-8H,5H2,1-3H3. The summed E-state index contributed by atoms with van der Waals surface area (Å²) in [5.41, 5.74) is 0. The molecule has 2 nitrogen and oxygen atoms in total. The third-order valence-corrected chi connectivity index (χ3v) is 3.70. The van der Waals surface area contributed by atoms with Crippen molar-refractivity contribution in [3.05, 3.63) is 20.3 Å². The van der Waals surface area contributed by atoms with E-state index in [1.807, 2.05) is 6.07 Å². The lowest BCUT2D eigenvalue weighted by Crippen LogP contribution is -1.97. The van der Waals surface area contributed by atoms with E-state index < -0.39 is 0 Å². The van der Waals surface area contributed by atoms with Gasteiger partial charge in [-0.3, -0.25) is 0 Å². The summed E-state index contributed by atoms with van der Waals surface area (Å²) in [6.45, 7) is 4.25. The molecule has 0 aliphatic rings. The van der Waals surface area contributed by atoms with Gasteiger partial charge in [0.15, 0.2) is 0 Å². The highest BCUT2D eigenvalue weighted by molar-refractivity contribution is 9.10. The van der Waals surface area contributed by atoms with Crippen LogP contribution in [0, 0.1) is 17.8 Å². The molecular weight excluding hydrogens is 288 g/mol. The second-order valence-electron chi connectivity index (χ2n) is 3.68. The quantitative estimate of drug-likeness (QED) is 0.615. The van der Waals surface area contributed by atoms with E-state index in [4.69, 9.17) is 0 Å². The van der Waals surface area contributed by atoms with Gasteiger partial charge in [0, 0.05) is 10.9 Å². The first-order valence-electron chi connectivity index (χ1n) is 4.91. The maximum absolute atomic E-state index is 11.3. The number of halogens is 1. The third-order valence-electron chi connectivity index (χ3n) is 1.78. The molecule has 0 amide bonds. The van der Waals surface area contributed by atoms with Crippen LogP contribution in [0.4, 0.5) is 0 Å². The van der Waals surface area contributed by atoms with Crippen LogP contribution in [0.25, 0.3) is 0 Å². The van der Waals surface area contributed by atoms with Gasteiger partial charge in [-0.1, -0.05) is 25.7 Å². The van der Waals surface area contributed by atoms with Gasteiger partial charge >= 0.3 is 5.97 Å². The van der Waals surface area contributed by atoms with Crippen LogP contribution in [-0.2, 0) is 4.74 Å². The van der Waals surface area contributed by atoms with Crippen molar-refractivity contribution in [2.75, 3.05) is 7.11 Å². The van der Waals surface area contributed by atoms with E-state index in [0.717, 1.165) is 15.8 Å². The number of ether oxygens (including phenoxy) is 1. The summed E-state index contributed by atoms with van der Waals surface area (Å²) in [6.07, 6.45) is 0.864. The summed E-state index contributed by atoms with van der Waals surface area (Å²) in [5.74, 6) is 6.37. The number of methoxy groups -OCH3 is 1. The molecule has 1 rings (SSSR count). The van der Waals surface area contributed by atoms with Crippen molar-refractivity contribution in [3.8, 4) is 11.8 Å². The Morgan fingerprint density at radius 3 is 2.88 bits per heavy atom. The van der Waals surface area contributed by atoms with Gasteiger partial charge in [0.05, 0.1) is 12.0 Å². The smallest absolute Gasteiger partial charge is 0.349 e. The van der Waals surface area contributed by atoms with E-state index in [2.05, 4.69) is 46.4 Å². The highest BCUT2D eigenvalue weighted by atomic mass is 79.9. The lowest BCUT2D eigenvalue weighted by molar-refractivity contribution is 0.0605. The number of carbonyl (C=O) groups excluding carboxylic acids is 1. The van der Waals surface area contributed by atoms with Crippen LogP contribution in [0.5, 0.6) is 0 Å². The fourth-order valence-electron chi connectivity index (χ4n) is 1.00. The molecule has 0 spiro atoms. The monoisotopic (exact) mass is 300 g/mol. The van der Waals surface area contributed by atoms with Crippen LogP contribution in [0.2, 0.25) is 0 Å². The van der Waals surface area contributed by atoms with Crippen LogP contribution in [0.3, 0.4) is 0 Å². The Labute approximate surface area is 108 Å². The second-order valence-corrected chi connectivity index (χ2v) is 5.59. The fraction of sp³-hybridized carbons (Fsp3) is 0.417. The van der Waals surface area contributed by atoms with Gasteiger partial charge in [-0.25, -0.2) is 4.79 Å². The maximum Gasteiger partial charge on any atom is 0.349 e. The molecule has 1 aromatic heterocycles. The minimum atomic E-state index is -0.325. The summed E-state index contributed by atoms with van der Waals surface area (Å²) in [6, 6.07) is 1.85. The summed E-state index contributed by atoms with van der Waals surface area (Å²) in [4.78, 5) is 12.8. The summed E-state index contributed by atoms with van der Waals surface area (Å²) in [5, 5.41) is 0. The van der Waals surface area contributed by atoms with Gasteiger partial charge in [0.25, 0.3) is 0 Å². The fourth-order valence-corrected chi connectivity index (χ4v) is 2.63. The van der Waals surface area contributed by atoms with Crippen LogP contribution in [0.15, 0.2) is 10.5 Å². The first-order valence-corrected chi connectivity index (χ1v) is 6.52. The van der Waals surface area contributed by atoms with Crippen molar-refractivity contribution < 1.29 is 9.53 Å². The van der Waals surface area contributed by atoms with Crippen molar-refractivity contribution >= 4 is 33.2 Å². The lowest BCUT2D eigenvalue weighted by atomic mass is 10.1. The molecule has 0 radical (unpaired) electrons. The third kappa shape index (κ3) is 3.66. The Morgan fingerprint density at radius 2 is 2.31 bits per heavy atom. The molecule has 0 aliphatic heterocycles. The number of hydrogen-bond acceptors (Lipinski definition) is 3. The number of rotatable bonds is 2. The number of thiophene rings is 1. The average Bonchev–Trinajstić information content (AvgIpc) is 2.58. The minimum Gasteiger partial charge on any atom is -0.465 e. The molecule has 0 aromatic carbocycles. The second kappa shape index (κ2) is 6.07. The zero-order valence-corrected chi connectivity index (χ0v) is 11.9. The van der Waals surface area contributed by atoms with Gasteiger partial charge in [0.1, 0.15) is 4.88 Å². The number of hydrogen-bond donors (Lipinski definition) is 0. The average molecular weight is 301 g/mol. The van der Waals surface area contributed by atoms with Crippen LogP contribution < -0.4 is 0 Å². The zero-order valence-electron chi connectivity index (χ0n) is 9.46. The SMILES string of the molecule is COC(=O)c1sc(C#CCC(C)C)cc1Br. The molecule has 1 heterocycles. The summed E-state index contributed by atoms with van der Waals surface area (Å²) >= 11 is 4.67. The molecule has 0 N–H and O–H groups in total. The molecule has 0 saturated carbocycles. The van der Waals surface area contributed by atoms with Crippen molar-refractivity contribution in [2.45, 2.75) is 20.3 Å². The van der Waals surface area contributed by atoms with Crippen molar-refractivity contribution in [3.63, 3.8) is 0 Å². The Kier molecular flexibility index (Phi) is 5.04.